The maximum absolute atomic E-state index is 15.0. The van der Waals surface area contributed by atoms with E-state index in [1.165, 1.54) is 21.9 Å². The molecule has 24 heteroatoms. The molecule has 8 rings (SSSR count). The van der Waals surface area contributed by atoms with Crippen molar-refractivity contribution in [2.24, 2.45) is 5.41 Å². The van der Waals surface area contributed by atoms with Crippen molar-refractivity contribution in [3.8, 4) is 11.1 Å². The Morgan fingerprint density at radius 1 is 0.893 bits per heavy atom. The van der Waals surface area contributed by atoms with Crippen LogP contribution in [0.4, 0.5) is 19.3 Å². The largest absolute Gasteiger partial charge is 0.385 e. The number of thioether (sulfide) groups is 1. The number of halogens is 2. The first-order valence-electron chi connectivity index (χ1n) is 29.4. The molecule has 7 N–H and O–H groups in total. The summed E-state index contributed by atoms with van der Waals surface area (Å²) in [6, 6.07) is 9.83. The van der Waals surface area contributed by atoms with E-state index in [0.29, 0.717) is 99.3 Å². The van der Waals surface area contributed by atoms with E-state index in [9.17, 15) is 38.2 Å². The zero-order chi connectivity index (χ0) is 59.9. The van der Waals surface area contributed by atoms with Gasteiger partial charge in [0.2, 0.25) is 23.6 Å². The molecule has 1 aromatic heterocycles. The topological polar surface area (TPSA) is 246 Å². The highest BCUT2D eigenvalue weighted by molar-refractivity contribution is 8.09. The van der Waals surface area contributed by atoms with E-state index in [4.69, 9.17) is 18.9 Å². The highest BCUT2D eigenvalue weighted by Gasteiger charge is 2.42. The highest BCUT2D eigenvalue weighted by atomic mass is 32.2. The first-order chi connectivity index (χ1) is 40.4. The maximum Gasteiger partial charge on any atom is 0.317 e. The minimum Gasteiger partial charge on any atom is -0.385 e. The quantitative estimate of drug-likeness (QED) is 0.0290. The number of carbonyl (C=O) groups is 5. The number of aryl methyl sites for hydroxylation is 1. The van der Waals surface area contributed by atoms with E-state index in [-0.39, 0.29) is 113 Å². The third kappa shape index (κ3) is 16.8. The molecule has 3 atom stereocenters. The normalized spacial score (nSPS) is 18.8. The van der Waals surface area contributed by atoms with Gasteiger partial charge in [-0.3, -0.25) is 29.3 Å². The molecule has 6 heterocycles. The Labute approximate surface area is 495 Å². The number of benzene rings is 2. The lowest BCUT2D eigenvalue weighted by atomic mass is 9.85. The van der Waals surface area contributed by atoms with Crippen LogP contribution in [0, 0.1) is 10.8 Å². The van der Waals surface area contributed by atoms with Gasteiger partial charge in [-0.15, -0.1) is 0 Å². The number of hydrogen-bond acceptors (Lipinski definition) is 14. The summed E-state index contributed by atoms with van der Waals surface area (Å²) < 4.78 is 53.7. The lowest BCUT2D eigenvalue weighted by Gasteiger charge is -2.38. The van der Waals surface area contributed by atoms with Crippen molar-refractivity contribution in [1.82, 2.24) is 51.5 Å². The minimum atomic E-state index is -2.83. The Balaban J connectivity index is 0.709. The van der Waals surface area contributed by atoms with E-state index >= 15 is 0 Å². The van der Waals surface area contributed by atoms with Crippen molar-refractivity contribution in [2.75, 3.05) is 97.5 Å². The van der Waals surface area contributed by atoms with Crippen molar-refractivity contribution in [3.63, 3.8) is 0 Å². The third-order valence-electron chi connectivity index (χ3n) is 15.6. The summed E-state index contributed by atoms with van der Waals surface area (Å²) >= 11 is 1.79. The smallest absolute Gasteiger partial charge is 0.317 e. The van der Waals surface area contributed by atoms with Crippen LogP contribution in [0.2, 0.25) is 0 Å². The molecule has 0 radical (unpaired) electrons. The van der Waals surface area contributed by atoms with Crippen LogP contribution in [-0.4, -0.2) is 171 Å². The number of fused-ring (bicyclic) bond motifs is 1. The fraction of sp³-hybridized carbons (Fsp3) is 0.583. The molecule has 0 bridgehead atoms. The standard InChI is InChI=1S/C60H84F2N12O9S/c1-38-53(84-39(2)68-38)41-13-11-40(12-14-41)33-66-57(77)49-10-8-21-74(49)58(78)54(60(3,4)5)70-51(75)18-25-81-27-29-83-30-28-82-26-19-65-52(76)37-72-35-43(34-67-72)45-31-42-9-7-20-73(50(42)32-46(45)55(61)62)56(63)47-36-71(59(79)64-6)22-15-48(47)69-44-16-23-80-24-17-44/h11-14,31-32,34-35,39,44,49,54-55,63,68-69H,7-10,15-30,33,36-37H2,1-6H3,(H,64,79)(H,65,76)(H,66,77)(H,70,75). The zero-order valence-corrected chi connectivity index (χ0v) is 50.2. The number of rotatable bonds is 25. The number of carbonyl (C=O) groups excluding carboxylic acids is 5. The number of anilines is 1. The molecular weight excluding hydrogens is 1100 g/mol. The average Bonchev–Trinajstić information content (AvgIpc) is 3.00. The lowest BCUT2D eigenvalue weighted by molar-refractivity contribution is -0.144. The fourth-order valence-corrected chi connectivity index (χ4v) is 12.3. The van der Waals surface area contributed by atoms with Crippen LogP contribution in [0.5, 0.6) is 0 Å². The van der Waals surface area contributed by atoms with E-state index < -0.39 is 23.9 Å². The van der Waals surface area contributed by atoms with Crippen LogP contribution in [0.25, 0.3) is 16.0 Å². The van der Waals surface area contributed by atoms with E-state index in [1.54, 1.807) is 45.8 Å². The number of urea groups is 1. The van der Waals surface area contributed by atoms with E-state index in [0.717, 1.165) is 40.9 Å². The molecule has 5 aliphatic rings. The number of hydrogen-bond donors (Lipinski definition) is 7. The predicted octanol–water partition coefficient (Wildman–Crippen LogP) is 6.05. The Morgan fingerprint density at radius 3 is 2.31 bits per heavy atom. The summed E-state index contributed by atoms with van der Waals surface area (Å²) in [6.45, 7) is 14.5. The molecule has 0 saturated carbocycles. The van der Waals surface area contributed by atoms with E-state index in [2.05, 4.69) is 63.0 Å². The van der Waals surface area contributed by atoms with Gasteiger partial charge in [0.1, 0.15) is 24.5 Å². The minimum absolute atomic E-state index is 0.0326. The number of nitrogens with one attached hydrogen (secondary N) is 7. The van der Waals surface area contributed by atoms with Gasteiger partial charge in [0.25, 0.3) is 6.43 Å². The predicted molar refractivity (Wildman–Crippen MR) is 318 cm³/mol. The number of likely N-dealkylation sites (tertiary alicyclic amines) is 1. The molecule has 0 aliphatic carbocycles. The molecule has 21 nitrogen and oxygen atoms in total. The van der Waals surface area contributed by atoms with Crippen molar-refractivity contribution in [2.45, 2.75) is 129 Å². The van der Waals surface area contributed by atoms with Crippen molar-refractivity contribution in [1.29, 1.82) is 5.41 Å². The molecule has 84 heavy (non-hydrogen) atoms. The monoisotopic (exact) mass is 1190 g/mol. The molecule has 2 aromatic carbocycles. The van der Waals surface area contributed by atoms with Gasteiger partial charge >= 0.3 is 6.03 Å². The summed E-state index contributed by atoms with van der Waals surface area (Å²) in [4.78, 5) is 72.5. The summed E-state index contributed by atoms with van der Waals surface area (Å²) in [5, 5.41) is 32.6. The van der Waals surface area contributed by atoms with Crippen molar-refractivity contribution in [3.05, 3.63) is 88.0 Å². The van der Waals surface area contributed by atoms with Crippen LogP contribution in [0.1, 0.15) is 108 Å². The van der Waals surface area contributed by atoms with Gasteiger partial charge in [0.05, 0.1) is 57.8 Å². The molecule has 3 aromatic rings. The average molecular weight is 1190 g/mol. The second-order valence-corrected chi connectivity index (χ2v) is 24.2. The molecule has 458 valence electrons. The summed E-state index contributed by atoms with van der Waals surface area (Å²) in [5.41, 5.74) is 6.08. The highest BCUT2D eigenvalue weighted by Crippen LogP contribution is 2.41. The van der Waals surface area contributed by atoms with Crippen LogP contribution >= 0.6 is 11.8 Å². The second-order valence-electron chi connectivity index (χ2n) is 22.9. The summed E-state index contributed by atoms with van der Waals surface area (Å²) in [6.07, 6.45) is 4.98. The first-order valence-corrected chi connectivity index (χ1v) is 30.2. The maximum atomic E-state index is 15.0. The number of amidine groups is 1. The third-order valence-corrected chi connectivity index (χ3v) is 16.9. The Hall–Kier alpha value is -6.60. The van der Waals surface area contributed by atoms with Gasteiger partial charge in [-0.2, -0.15) is 5.10 Å². The number of alkyl halides is 2. The van der Waals surface area contributed by atoms with Gasteiger partial charge in [0, 0.05) is 117 Å². The van der Waals surface area contributed by atoms with Gasteiger partial charge < -0.3 is 65.5 Å². The van der Waals surface area contributed by atoms with Crippen LogP contribution in [0.15, 0.2) is 65.8 Å². The number of allylic oxidation sites excluding steroid dienone is 1. The Bertz CT molecular complexity index is 2870. The van der Waals surface area contributed by atoms with E-state index in [1.807, 2.05) is 32.9 Å². The number of ether oxygens (including phenoxy) is 4. The Morgan fingerprint density at radius 2 is 1.62 bits per heavy atom. The van der Waals surface area contributed by atoms with Crippen LogP contribution in [0.3, 0.4) is 0 Å². The van der Waals surface area contributed by atoms with Gasteiger partial charge in [-0.25, -0.2) is 13.6 Å². The van der Waals surface area contributed by atoms with Crippen molar-refractivity contribution < 1.29 is 51.7 Å². The lowest BCUT2D eigenvalue weighted by Crippen LogP contribution is -2.57. The molecule has 3 unspecified atom stereocenters. The molecule has 6 amide bonds. The van der Waals surface area contributed by atoms with Gasteiger partial charge in [-0.05, 0) is 92.2 Å². The second kappa shape index (κ2) is 30.0. The number of nitrogens with zero attached hydrogens (tertiary/aromatic N) is 5. The zero-order valence-electron chi connectivity index (χ0n) is 49.3. The van der Waals surface area contributed by atoms with Gasteiger partial charge in [0.15, 0.2) is 0 Å². The van der Waals surface area contributed by atoms with Gasteiger partial charge in [-0.1, -0.05) is 56.8 Å². The molecule has 2 saturated heterocycles. The fourth-order valence-electron chi connectivity index (χ4n) is 11.2. The molecular formula is C60H84F2N12O9S. The molecule has 2 fully saturated rings. The van der Waals surface area contributed by atoms with Crippen LogP contribution < -0.4 is 36.8 Å². The number of amides is 6. The number of aromatic nitrogens is 2. The van der Waals surface area contributed by atoms with Crippen LogP contribution in [-0.2, 0) is 57.6 Å². The summed E-state index contributed by atoms with van der Waals surface area (Å²) in [7, 11) is 1.57. The first kappa shape index (κ1) is 63.4. The SMILES string of the molecule is CNC(=O)N1CCC(NC2CCOCC2)=C(C(=N)N2CCCc3cc(-c4cnn(CC(=O)NCCOCCOCCOCCC(=O)NC(C(=O)N5CCCC5C(=O)NCc5ccc(C6=C(C)NC(C)S6)cc5)C(C)(C)C)c4)c(C(F)F)cc32)C1. The van der Waals surface area contributed by atoms with Crippen molar-refractivity contribution >= 4 is 57.8 Å². The Kier molecular flexibility index (Phi) is 22.6. The molecule has 5 aliphatic heterocycles. The summed E-state index contributed by atoms with van der Waals surface area (Å²) in [5.74, 6) is -0.997. The molecule has 0 spiro atoms.